The van der Waals surface area contributed by atoms with E-state index in [-0.39, 0.29) is 17.8 Å². The molecular formula is C12H12FNO. The van der Waals surface area contributed by atoms with E-state index in [1.54, 1.807) is 6.07 Å². The summed E-state index contributed by atoms with van der Waals surface area (Å²) < 4.78 is 13.0. The zero-order valence-electron chi connectivity index (χ0n) is 8.29. The van der Waals surface area contributed by atoms with Crippen molar-refractivity contribution in [3.63, 3.8) is 0 Å². The average Bonchev–Trinajstić information content (AvgIpc) is 2.61. The molecule has 0 saturated heterocycles. The number of carbonyl (C=O) groups is 1. The molecule has 2 rings (SSSR count). The van der Waals surface area contributed by atoms with Crippen LogP contribution in [0.5, 0.6) is 0 Å². The Morgan fingerprint density at radius 3 is 3.13 bits per heavy atom. The molecule has 0 aliphatic heterocycles. The molecule has 1 aromatic carbocycles. The normalized spacial score (nSPS) is 18.3. The zero-order valence-corrected chi connectivity index (χ0v) is 8.29. The van der Waals surface area contributed by atoms with Crippen LogP contribution in [0.4, 0.5) is 4.39 Å². The number of halogens is 1. The fourth-order valence-corrected chi connectivity index (χ4v) is 1.95. The predicted molar refractivity (Wildman–Crippen MR) is 55.8 cm³/mol. The molecule has 1 amide bonds. The van der Waals surface area contributed by atoms with Crippen molar-refractivity contribution in [1.29, 1.82) is 0 Å². The van der Waals surface area contributed by atoms with Crippen molar-refractivity contribution in [1.82, 2.24) is 5.32 Å². The Hall–Kier alpha value is -1.64. The van der Waals surface area contributed by atoms with Gasteiger partial charge in [-0.2, -0.15) is 0 Å². The van der Waals surface area contributed by atoms with Crippen LogP contribution in [0.2, 0.25) is 0 Å². The van der Waals surface area contributed by atoms with Crippen molar-refractivity contribution in [3.05, 3.63) is 47.8 Å². The van der Waals surface area contributed by atoms with Gasteiger partial charge in [-0.15, -0.1) is 0 Å². The number of benzene rings is 1. The second-order valence-electron chi connectivity index (χ2n) is 3.65. The van der Waals surface area contributed by atoms with Gasteiger partial charge in [-0.1, -0.05) is 12.6 Å². The second-order valence-corrected chi connectivity index (χ2v) is 3.65. The van der Waals surface area contributed by atoms with Gasteiger partial charge >= 0.3 is 0 Å². The van der Waals surface area contributed by atoms with E-state index in [1.165, 1.54) is 18.2 Å². The van der Waals surface area contributed by atoms with E-state index in [4.69, 9.17) is 0 Å². The summed E-state index contributed by atoms with van der Waals surface area (Å²) in [7, 11) is 0. The summed E-state index contributed by atoms with van der Waals surface area (Å²) in [6.07, 6.45) is 2.95. The quantitative estimate of drug-likeness (QED) is 0.736. The van der Waals surface area contributed by atoms with Crippen molar-refractivity contribution < 1.29 is 9.18 Å². The maximum absolute atomic E-state index is 13.0. The van der Waals surface area contributed by atoms with Gasteiger partial charge in [0, 0.05) is 0 Å². The van der Waals surface area contributed by atoms with Gasteiger partial charge in [0.1, 0.15) is 5.82 Å². The first kappa shape index (κ1) is 9.90. The third kappa shape index (κ3) is 1.91. The summed E-state index contributed by atoms with van der Waals surface area (Å²) in [5.41, 5.74) is 2.01. The van der Waals surface area contributed by atoms with E-state index in [0.29, 0.717) is 0 Å². The number of nitrogens with one attached hydrogen (secondary N) is 1. The van der Waals surface area contributed by atoms with Crippen LogP contribution in [0.3, 0.4) is 0 Å². The molecule has 1 aromatic rings. The maximum Gasteiger partial charge on any atom is 0.243 e. The van der Waals surface area contributed by atoms with Crippen LogP contribution in [0, 0.1) is 5.82 Å². The van der Waals surface area contributed by atoms with E-state index in [0.717, 1.165) is 24.0 Å². The largest absolute Gasteiger partial charge is 0.346 e. The third-order valence-electron chi connectivity index (χ3n) is 2.69. The number of hydrogen-bond donors (Lipinski definition) is 1. The SMILES string of the molecule is C=CC(=O)NC1CCc2ccc(F)cc21. The molecule has 1 aliphatic rings. The molecule has 0 spiro atoms. The molecular weight excluding hydrogens is 193 g/mol. The van der Waals surface area contributed by atoms with E-state index in [2.05, 4.69) is 11.9 Å². The van der Waals surface area contributed by atoms with Crippen LogP contribution in [0.15, 0.2) is 30.9 Å². The van der Waals surface area contributed by atoms with Crippen molar-refractivity contribution in [3.8, 4) is 0 Å². The molecule has 3 heteroatoms. The van der Waals surface area contributed by atoms with Gasteiger partial charge in [0.25, 0.3) is 0 Å². The highest BCUT2D eigenvalue weighted by Gasteiger charge is 2.23. The van der Waals surface area contributed by atoms with Crippen LogP contribution in [-0.4, -0.2) is 5.91 Å². The summed E-state index contributed by atoms with van der Waals surface area (Å²) >= 11 is 0. The molecule has 1 atom stereocenters. The Balaban J connectivity index is 2.23. The highest BCUT2D eigenvalue weighted by molar-refractivity contribution is 5.87. The van der Waals surface area contributed by atoms with Crippen LogP contribution in [-0.2, 0) is 11.2 Å². The van der Waals surface area contributed by atoms with E-state index >= 15 is 0 Å². The average molecular weight is 205 g/mol. The third-order valence-corrected chi connectivity index (χ3v) is 2.69. The number of rotatable bonds is 2. The Morgan fingerprint density at radius 1 is 1.60 bits per heavy atom. The summed E-state index contributed by atoms with van der Waals surface area (Å²) in [5, 5.41) is 2.79. The fraction of sp³-hybridized carbons (Fsp3) is 0.250. The van der Waals surface area contributed by atoms with Crippen LogP contribution >= 0.6 is 0 Å². The van der Waals surface area contributed by atoms with Gasteiger partial charge < -0.3 is 5.32 Å². The predicted octanol–water partition coefficient (Wildman–Crippen LogP) is 2.12. The van der Waals surface area contributed by atoms with Crippen molar-refractivity contribution in [2.45, 2.75) is 18.9 Å². The fourth-order valence-electron chi connectivity index (χ4n) is 1.95. The molecule has 15 heavy (non-hydrogen) atoms. The number of carbonyl (C=O) groups excluding carboxylic acids is 1. The summed E-state index contributed by atoms with van der Waals surface area (Å²) in [6, 6.07) is 4.67. The lowest BCUT2D eigenvalue weighted by atomic mass is 10.1. The molecule has 0 fully saturated rings. The Kier molecular flexibility index (Phi) is 2.54. The summed E-state index contributed by atoms with van der Waals surface area (Å²) in [5.74, 6) is -0.467. The molecule has 0 heterocycles. The lowest BCUT2D eigenvalue weighted by Gasteiger charge is -2.12. The van der Waals surface area contributed by atoms with Crippen LogP contribution in [0.25, 0.3) is 0 Å². The standard InChI is InChI=1S/C12H12FNO/c1-2-12(15)14-11-6-4-8-3-5-9(13)7-10(8)11/h2-3,5,7,11H,1,4,6H2,(H,14,15). The number of aryl methyl sites for hydroxylation is 1. The Labute approximate surface area is 87.8 Å². The Bertz CT molecular complexity index is 414. The van der Waals surface area contributed by atoms with Gasteiger partial charge in [-0.05, 0) is 42.2 Å². The minimum absolute atomic E-state index is 0.0683. The van der Waals surface area contributed by atoms with Gasteiger partial charge in [-0.25, -0.2) is 4.39 Å². The van der Waals surface area contributed by atoms with Gasteiger partial charge in [0.2, 0.25) is 5.91 Å². The lowest BCUT2D eigenvalue weighted by molar-refractivity contribution is -0.117. The molecule has 78 valence electrons. The van der Waals surface area contributed by atoms with E-state index < -0.39 is 0 Å². The zero-order chi connectivity index (χ0) is 10.8. The van der Waals surface area contributed by atoms with Gasteiger partial charge in [-0.3, -0.25) is 4.79 Å². The molecule has 0 bridgehead atoms. The van der Waals surface area contributed by atoms with Gasteiger partial charge in [0.15, 0.2) is 0 Å². The van der Waals surface area contributed by atoms with E-state index in [9.17, 15) is 9.18 Å². The van der Waals surface area contributed by atoms with Crippen molar-refractivity contribution in [2.24, 2.45) is 0 Å². The highest BCUT2D eigenvalue weighted by atomic mass is 19.1. The molecule has 2 nitrogen and oxygen atoms in total. The molecule has 0 radical (unpaired) electrons. The first-order valence-corrected chi connectivity index (χ1v) is 4.92. The lowest BCUT2D eigenvalue weighted by Crippen LogP contribution is -2.24. The van der Waals surface area contributed by atoms with Gasteiger partial charge in [0.05, 0.1) is 6.04 Å². The minimum atomic E-state index is -0.256. The molecule has 1 N–H and O–H groups in total. The second kappa shape index (κ2) is 3.85. The van der Waals surface area contributed by atoms with Crippen LogP contribution < -0.4 is 5.32 Å². The summed E-state index contributed by atoms with van der Waals surface area (Å²) in [4.78, 5) is 11.1. The number of fused-ring (bicyclic) bond motifs is 1. The topological polar surface area (TPSA) is 29.1 Å². The molecule has 0 saturated carbocycles. The van der Waals surface area contributed by atoms with Crippen LogP contribution in [0.1, 0.15) is 23.6 Å². The minimum Gasteiger partial charge on any atom is -0.346 e. The Morgan fingerprint density at radius 2 is 2.40 bits per heavy atom. The van der Waals surface area contributed by atoms with E-state index in [1.807, 2.05) is 0 Å². The monoisotopic (exact) mass is 205 g/mol. The summed E-state index contributed by atoms with van der Waals surface area (Å²) in [6.45, 7) is 3.39. The first-order valence-electron chi connectivity index (χ1n) is 4.92. The molecule has 0 aromatic heterocycles. The van der Waals surface area contributed by atoms with Crippen molar-refractivity contribution >= 4 is 5.91 Å². The highest BCUT2D eigenvalue weighted by Crippen LogP contribution is 2.31. The number of amides is 1. The molecule has 1 aliphatic carbocycles. The maximum atomic E-state index is 13.0. The molecule has 1 unspecified atom stereocenters. The first-order chi connectivity index (χ1) is 7.20. The van der Waals surface area contributed by atoms with Crippen molar-refractivity contribution in [2.75, 3.05) is 0 Å². The smallest absolute Gasteiger partial charge is 0.243 e. The number of hydrogen-bond acceptors (Lipinski definition) is 1.